The highest BCUT2D eigenvalue weighted by molar-refractivity contribution is 6.32. The van der Waals surface area contributed by atoms with Crippen LogP contribution < -0.4 is 5.73 Å². The molecule has 3 aromatic rings. The number of aryl methyl sites for hydroxylation is 1. The van der Waals surface area contributed by atoms with Crippen molar-refractivity contribution in [3.05, 3.63) is 41.3 Å². The SMILES string of the molecule is CC(c1nc2ccccc2n1C)n1ncc(Cl)c1N. The lowest BCUT2D eigenvalue weighted by Gasteiger charge is -2.13. The van der Waals surface area contributed by atoms with Crippen LogP contribution in [0.5, 0.6) is 0 Å². The Balaban J connectivity index is 2.14. The molecule has 2 aromatic heterocycles. The van der Waals surface area contributed by atoms with Crippen LogP contribution in [0.1, 0.15) is 18.8 Å². The molecule has 0 aliphatic heterocycles. The second-order valence-corrected chi connectivity index (χ2v) is 4.92. The van der Waals surface area contributed by atoms with Gasteiger partial charge in [0.15, 0.2) is 0 Å². The Hall–Kier alpha value is -2.01. The number of anilines is 1. The monoisotopic (exact) mass is 275 g/mol. The molecule has 2 heterocycles. The van der Waals surface area contributed by atoms with Gasteiger partial charge in [0.1, 0.15) is 22.7 Å². The molecule has 0 amide bonds. The van der Waals surface area contributed by atoms with Gasteiger partial charge >= 0.3 is 0 Å². The van der Waals surface area contributed by atoms with Crippen LogP contribution in [0, 0.1) is 0 Å². The zero-order valence-corrected chi connectivity index (χ0v) is 11.5. The standard InChI is InChI=1S/C13H14ClN5/c1-8(19-12(15)9(14)7-16-19)13-17-10-5-3-4-6-11(10)18(13)2/h3-8H,15H2,1-2H3. The summed E-state index contributed by atoms with van der Waals surface area (Å²) in [6.45, 7) is 2.00. The molecule has 1 atom stereocenters. The van der Waals surface area contributed by atoms with E-state index in [-0.39, 0.29) is 6.04 Å². The van der Waals surface area contributed by atoms with Gasteiger partial charge in [0.25, 0.3) is 0 Å². The van der Waals surface area contributed by atoms with Crippen molar-refractivity contribution in [1.29, 1.82) is 0 Å². The third-order valence-corrected chi connectivity index (χ3v) is 3.64. The third kappa shape index (κ3) is 1.77. The van der Waals surface area contributed by atoms with Crippen molar-refractivity contribution >= 4 is 28.5 Å². The number of rotatable bonds is 2. The highest BCUT2D eigenvalue weighted by atomic mass is 35.5. The molecule has 0 saturated heterocycles. The predicted octanol–water partition coefficient (Wildman–Crippen LogP) is 2.61. The van der Waals surface area contributed by atoms with Gasteiger partial charge in [0.05, 0.1) is 17.2 Å². The lowest BCUT2D eigenvalue weighted by molar-refractivity contribution is 0.530. The van der Waals surface area contributed by atoms with Gasteiger partial charge in [-0.1, -0.05) is 23.7 Å². The Morgan fingerprint density at radius 2 is 2.05 bits per heavy atom. The fourth-order valence-corrected chi connectivity index (χ4v) is 2.44. The van der Waals surface area contributed by atoms with Crippen LogP contribution in [0.25, 0.3) is 11.0 Å². The van der Waals surface area contributed by atoms with Crippen molar-refractivity contribution in [1.82, 2.24) is 19.3 Å². The van der Waals surface area contributed by atoms with Gasteiger partial charge in [-0.15, -0.1) is 0 Å². The van der Waals surface area contributed by atoms with Crippen molar-refractivity contribution in [3.8, 4) is 0 Å². The number of hydrogen-bond donors (Lipinski definition) is 1. The first-order chi connectivity index (χ1) is 9.09. The average Bonchev–Trinajstić information content (AvgIpc) is 2.92. The number of benzene rings is 1. The number of hydrogen-bond acceptors (Lipinski definition) is 3. The Labute approximate surface area is 115 Å². The molecule has 0 spiro atoms. The molecule has 6 heteroatoms. The van der Waals surface area contributed by atoms with Crippen LogP contribution in [0.15, 0.2) is 30.5 Å². The van der Waals surface area contributed by atoms with E-state index >= 15 is 0 Å². The first kappa shape index (κ1) is 12.0. The lowest BCUT2D eigenvalue weighted by Crippen LogP contribution is -2.15. The molecule has 0 bridgehead atoms. The molecule has 1 unspecified atom stereocenters. The summed E-state index contributed by atoms with van der Waals surface area (Å²) in [4.78, 5) is 4.64. The molecule has 0 aliphatic carbocycles. The molecule has 1 aromatic carbocycles. The number of aromatic nitrogens is 4. The highest BCUT2D eigenvalue weighted by Crippen LogP contribution is 2.26. The summed E-state index contributed by atoms with van der Waals surface area (Å²) in [6, 6.07) is 7.92. The molecule has 0 saturated carbocycles. The summed E-state index contributed by atoms with van der Waals surface area (Å²) in [6.07, 6.45) is 1.55. The van der Waals surface area contributed by atoms with E-state index in [1.807, 2.05) is 38.2 Å². The molecule has 2 N–H and O–H groups in total. The minimum absolute atomic E-state index is 0.0788. The van der Waals surface area contributed by atoms with Gasteiger partial charge in [-0.3, -0.25) is 0 Å². The van der Waals surface area contributed by atoms with Crippen LogP contribution in [0.2, 0.25) is 5.02 Å². The maximum atomic E-state index is 5.94. The van der Waals surface area contributed by atoms with Gasteiger partial charge in [-0.2, -0.15) is 5.10 Å². The fraction of sp³-hybridized carbons (Fsp3) is 0.231. The zero-order valence-electron chi connectivity index (χ0n) is 10.7. The molecule has 19 heavy (non-hydrogen) atoms. The Morgan fingerprint density at radius 1 is 1.32 bits per heavy atom. The summed E-state index contributed by atoms with van der Waals surface area (Å²) in [5, 5.41) is 4.67. The van der Waals surface area contributed by atoms with Crippen molar-refractivity contribution in [2.45, 2.75) is 13.0 Å². The summed E-state index contributed by atoms with van der Waals surface area (Å²) in [5.74, 6) is 1.36. The number of fused-ring (bicyclic) bond motifs is 1. The Bertz CT molecular complexity index is 743. The quantitative estimate of drug-likeness (QED) is 0.782. The number of nitrogen functional groups attached to an aromatic ring is 1. The summed E-state index contributed by atoms with van der Waals surface area (Å²) in [5.41, 5.74) is 7.96. The zero-order chi connectivity index (χ0) is 13.6. The smallest absolute Gasteiger partial charge is 0.141 e. The number of halogens is 1. The average molecular weight is 276 g/mol. The van der Waals surface area contributed by atoms with Crippen LogP contribution in [-0.2, 0) is 7.05 Å². The van der Waals surface area contributed by atoms with Crippen LogP contribution in [0.3, 0.4) is 0 Å². The van der Waals surface area contributed by atoms with Crippen LogP contribution in [0.4, 0.5) is 5.82 Å². The summed E-state index contributed by atoms with van der Waals surface area (Å²) < 4.78 is 3.73. The van der Waals surface area contributed by atoms with Crippen molar-refractivity contribution < 1.29 is 0 Å². The van der Waals surface area contributed by atoms with Gasteiger partial charge < -0.3 is 10.3 Å². The lowest BCUT2D eigenvalue weighted by atomic mass is 10.3. The molecule has 98 valence electrons. The van der Waals surface area contributed by atoms with E-state index in [4.69, 9.17) is 17.3 Å². The van der Waals surface area contributed by atoms with Crippen molar-refractivity contribution in [3.63, 3.8) is 0 Å². The summed E-state index contributed by atoms with van der Waals surface area (Å²) in [7, 11) is 1.99. The number of nitrogens with two attached hydrogens (primary N) is 1. The van der Waals surface area contributed by atoms with E-state index in [1.54, 1.807) is 10.9 Å². The molecule has 0 fully saturated rings. The van der Waals surface area contributed by atoms with E-state index < -0.39 is 0 Å². The Kier molecular flexibility index (Phi) is 2.71. The predicted molar refractivity (Wildman–Crippen MR) is 76.2 cm³/mol. The van der Waals surface area contributed by atoms with Gasteiger partial charge in [0, 0.05) is 7.05 Å². The Morgan fingerprint density at radius 3 is 2.68 bits per heavy atom. The van der Waals surface area contributed by atoms with E-state index in [0.29, 0.717) is 10.8 Å². The minimum Gasteiger partial charge on any atom is -0.383 e. The van der Waals surface area contributed by atoms with E-state index in [2.05, 4.69) is 14.6 Å². The highest BCUT2D eigenvalue weighted by Gasteiger charge is 2.19. The largest absolute Gasteiger partial charge is 0.383 e. The minimum atomic E-state index is -0.0788. The van der Waals surface area contributed by atoms with Crippen molar-refractivity contribution in [2.75, 3.05) is 5.73 Å². The number of nitrogens with zero attached hydrogens (tertiary/aromatic N) is 4. The number of para-hydroxylation sites is 2. The number of imidazole rings is 1. The fourth-order valence-electron chi connectivity index (χ4n) is 2.31. The third-order valence-electron chi connectivity index (χ3n) is 3.35. The van der Waals surface area contributed by atoms with Gasteiger partial charge in [0.2, 0.25) is 0 Å². The van der Waals surface area contributed by atoms with Crippen LogP contribution >= 0.6 is 11.6 Å². The molecule has 0 aliphatic rings. The molecule has 3 rings (SSSR count). The molecule has 5 nitrogen and oxygen atoms in total. The van der Waals surface area contributed by atoms with Crippen molar-refractivity contribution in [2.24, 2.45) is 7.05 Å². The molecule has 0 radical (unpaired) electrons. The molecular formula is C13H14ClN5. The normalized spacial score (nSPS) is 13.0. The van der Waals surface area contributed by atoms with Gasteiger partial charge in [-0.05, 0) is 19.1 Å². The molecular weight excluding hydrogens is 262 g/mol. The second kappa shape index (κ2) is 4.28. The first-order valence-electron chi connectivity index (χ1n) is 5.99. The van der Waals surface area contributed by atoms with E-state index in [0.717, 1.165) is 16.9 Å². The summed E-state index contributed by atoms with van der Waals surface area (Å²) >= 11 is 5.94. The second-order valence-electron chi connectivity index (χ2n) is 4.52. The maximum Gasteiger partial charge on any atom is 0.141 e. The van der Waals surface area contributed by atoms with Gasteiger partial charge in [-0.25, -0.2) is 9.67 Å². The van der Waals surface area contributed by atoms with Crippen LogP contribution in [-0.4, -0.2) is 19.3 Å². The van der Waals surface area contributed by atoms with E-state index in [1.165, 1.54) is 0 Å². The topological polar surface area (TPSA) is 61.7 Å². The maximum absolute atomic E-state index is 5.94. The first-order valence-corrected chi connectivity index (χ1v) is 6.37. The van der Waals surface area contributed by atoms with E-state index in [9.17, 15) is 0 Å².